The molecule has 0 unspecified atom stereocenters. The van der Waals surface area contributed by atoms with Gasteiger partial charge in [-0.15, -0.1) is 0 Å². The van der Waals surface area contributed by atoms with Crippen LogP contribution in [-0.2, 0) is 9.59 Å². The Kier molecular flexibility index (Phi) is 4.64. The topological polar surface area (TPSA) is 58.6 Å². The molecule has 0 saturated carbocycles. The van der Waals surface area contributed by atoms with Crippen molar-refractivity contribution >= 4 is 46.4 Å². The summed E-state index contributed by atoms with van der Waals surface area (Å²) in [6, 6.07) is 11.9. The molecule has 3 rings (SSSR count). The van der Waals surface area contributed by atoms with E-state index in [0.29, 0.717) is 27.2 Å². The number of halogens is 2. The van der Waals surface area contributed by atoms with Crippen molar-refractivity contribution in [2.75, 3.05) is 16.8 Å². The Morgan fingerprint density at radius 1 is 1.25 bits per heavy atom. The number of rotatable bonds is 3. The summed E-state index contributed by atoms with van der Waals surface area (Å²) < 4.78 is 5.65. The summed E-state index contributed by atoms with van der Waals surface area (Å²) in [4.78, 5) is 26.0. The number of ether oxygens (including phenoxy) is 1. The number of carbonyl (C=O) groups is 2. The SMILES string of the molecule is C[C@@H](Oc1ccc(Cl)cc1Cl)C(=O)N1CC(=O)Nc2ccccc21. The molecule has 0 aromatic heterocycles. The van der Waals surface area contributed by atoms with E-state index < -0.39 is 6.10 Å². The molecule has 2 aromatic carbocycles. The van der Waals surface area contributed by atoms with Crippen molar-refractivity contribution in [3.05, 3.63) is 52.5 Å². The zero-order chi connectivity index (χ0) is 17.3. The van der Waals surface area contributed by atoms with Crippen LogP contribution in [0, 0.1) is 0 Å². The summed E-state index contributed by atoms with van der Waals surface area (Å²) in [7, 11) is 0. The number of benzene rings is 2. The quantitative estimate of drug-likeness (QED) is 0.902. The molecule has 1 aliphatic heterocycles. The average Bonchev–Trinajstić information content (AvgIpc) is 2.55. The molecule has 1 heterocycles. The molecule has 1 N–H and O–H groups in total. The maximum atomic E-state index is 12.7. The molecule has 124 valence electrons. The highest BCUT2D eigenvalue weighted by molar-refractivity contribution is 6.35. The molecule has 0 aliphatic carbocycles. The second kappa shape index (κ2) is 6.71. The maximum Gasteiger partial charge on any atom is 0.268 e. The molecule has 0 radical (unpaired) electrons. The Hall–Kier alpha value is -2.24. The fourth-order valence-electron chi connectivity index (χ4n) is 2.46. The smallest absolute Gasteiger partial charge is 0.268 e. The van der Waals surface area contributed by atoms with Gasteiger partial charge < -0.3 is 10.1 Å². The molecule has 2 amide bonds. The van der Waals surface area contributed by atoms with E-state index in [1.165, 1.54) is 4.90 Å². The molecule has 7 heteroatoms. The minimum absolute atomic E-state index is 0.0576. The standard InChI is InChI=1S/C17H14Cl2N2O3/c1-10(24-15-7-6-11(18)8-12(15)19)17(23)21-9-16(22)20-13-4-2-3-5-14(13)21/h2-8,10H,9H2,1H3,(H,20,22)/t10-/m1/s1. The lowest BCUT2D eigenvalue weighted by Crippen LogP contribution is -2.47. The average molecular weight is 365 g/mol. The normalized spacial score (nSPS) is 14.6. The molecule has 0 fully saturated rings. The zero-order valence-corrected chi connectivity index (χ0v) is 14.3. The fourth-order valence-corrected chi connectivity index (χ4v) is 2.91. The summed E-state index contributed by atoms with van der Waals surface area (Å²) in [6.45, 7) is 1.56. The van der Waals surface area contributed by atoms with Gasteiger partial charge in [-0.2, -0.15) is 0 Å². The molecular weight excluding hydrogens is 351 g/mol. The summed E-state index contributed by atoms with van der Waals surface area (Å²) in [5.41, 5.74) is 1.23. The summed E-state index contributed by atoms with van der Waals surface area (Å²) in [5, 5.41) is 3.54. The number of hydrogen-bond donors (Lipinski definition) is 1. The lowest BCUT2D eigenvalue weighted by atomic mass is 10.1. The first-order chi connectivity index (χ1) is 11.5. The van der Waals surface area contributed by atoms with Gasteiger partial charge in [0.15, 0.2) is 6.10 Å². The van der Waals surface area contributed by atoms with Crippen LogP contribution in [0.2, 0.25) is 10.0 Å². The predicted molar refractivity (Wildman–Crippen MR) is 94.0 cm³/mol. The Morgan fingerprint density at radius 3 is 2.75 bits per heavy atom. The van der Waals surface area contributed by atoms with Gasteiger partial charge in [0.05, 0.1) is 16.4 Å². The highest BCUT2D eigenvalue weighted by Crippen LogP contribution is 2.31. The van der Waals surface area contributed by atoms with E-state index in [4.69, 9.17) is 27.9 Å². The summed E-state index contributed by atoms with van der Waals surface area (Å²) in [5.74, 6) is -0.223. The second-order valence-corrected chi connectivity index (χ2v) is 6.17. The Bertz CT molecular complexity index is 810. The highest BCUT2D eigenvalue weighted by atomic mass is 35.5. The molecule has 1 aliphatic rings. The van der Waals surface area contributed by atoms with Crippen molar-refractivity contribution in [1.29, 1.82) is 0 Å². The first-order valence-electron chi connectivity index (χ1n) is 7.27. The van der Waals surface area contributed by atoms with Crippen LogP contribution in [0.25, 0.3) is 0 Å². The van der Waals surface area contributed by atoms with Gasteiger partial charge in [0.1, 0.15) is 12.3 Å². The van der Waals surface area contributed by atoms with Crippen molar-refractivity contribution in [3.63, 3.8) is 0 Å². The number of amides is 2. The summed E-state index contributed by atoms with van der Waals surface area (Å²) in [6.07, 6.45) is -0.817. The van der Waals surface area contributed by atoms with Crippen LogP contribution in [0.3, 0.4) is 0 Å². The Balaban J connectivity index is 1.82. The van der Waals surface area contributed by atoms with Crippen LogP contribution in [0.15, 0.2) is 42.5 Å². The van der Waals surface area contributed by atoms with E-state index in [9.17, 15) is 9.59 Å². The molecule has 0 saturated heterocycles. The number of hydrogen-bond acceptors (Lipinski definition) is 3. The highest BCUT2D eigenvalue weighted by Gasteiger charge is 2.30. The van der Waals surface area contributed by atoms with Crippen molar-refractivity contribution in [2.45, 2.75) is 13.0 Å². The number of anilines is 2. The monoisotopic (exact) mass is 364 g/mol. The zero-order valence-electron chi connectivity index (χ0n) is 12.8. The van der Waals surface area contributed by atoms with E-state index >= 15 is 0 Å². The van der Waals surface area contributed by atoms with E-state index in [1.54, 1.807) is 49.4 Å². The van der Waals surface area contributed by atoms with Crippen LogP contribution < -0.4 is 15.0 Å². The number of carbonyl (C=O) groups excluding carboxylic acids is 2. The van der Waals surface area contributed by atoms with Gasteiger partial charge in [-0.05, 0) is 37.3 Å². The maximum absolute atomic E-state index is 12.7. The molecule has 2 aromatic rings. The van der Waals surface area contributed by atoms with Gasteiger partial charge in [0.2, 0.25) is 5.91 Å². The second-order valence-electron chi connectivity index (χ2n) is 5.32. The van der Waals surface area contributed by atoms with Gasteiger partial charge >= 0.3 is 0 Å². The van der Waals surface area contributed by atoms with Gasteiger partial charge in [0.25, 0.3) is 5.91 Å². The van der Waals surface area contributed by atoms with Gasteiger partial charge in [-0.1, -0.05) is 35.3 Å². The van der Waals surface area contributed by atoms with E-state index in [2.05, 4.69) is 5.32 Å². The molecule has 0 bridgehead atoms. The van der Waals surface area contributed by atoms with Crippen LogP contribution in [0.1, 0.15) is 6.92 Å². The number of fused-ring (bicyclic) bond motifs is 1. The molecule has 0 spiro atoms. The van der Waals surface area contributed by atoms with Crippen LogP contribution >= 0.6 is 23.2 Å². The van der Waals surface area contributed by atoms with Crippen molar-refractivity contribution in [3.8, 4) is 5.75 Å². The fraction of sp³-hybridized carbons (Fsp3) is 0.176. The van der Waals surface area contributed by atoms with Crippen LogP contribution in [0.5, 0.6) is 5.75 Å². The molecule has 24 heavy (non-hydrogen) atoms. The number of nitrogens with zero attached hydrogens (tertiary/aromatic N) is 1. The lowest BCUT2D eigenvalue weighted by Gasteiger charge is -2.31. The third-order valence-electron chi connectivity index (χ3n) is 3.58. The Labute approximate surface area is 149 Å². The molecule has 1 atom stereocenters. The minimum atomic E-state index is -0.817. The minimum Gasteiger partial charge on any atom is -0.479 e. The lowest BCUT2D eigenvalue weighted by molar-refractivity contribution is -0.126. The largest absolute Gasteiger partial charge is 0.479 e. The predicted octanol–water partition coefficient (Wildman–Crippen LogP) is 3.75. The Morgan fingerprint density at radius 2 is 2.00 bits per heavy atom. The van der Waals surface area contributed by atoms with Crippen molar-refractivity contribution < 1.29 is 14.3 Å². The third-order valence-corrected chi connectivity index (χ3v) is 4.11. The van der Waals surface area contributed by atoms with Gasteiger partial charge in [0, 0.05) is 5.02 Å². The number of para-hydroxylation sites is 2. The number of nitrogens with one attached hydrogen (secondary N) is 1. The summed E-state index contributed by atoms with van der Waals surface area (Å²) >= 11 is 11.9. The van der Waals surface area contributed by atoms with Crippen LogP contribution in [-0.4, -0.2) is 24.5 Å². The third kappa shape index (κ3) is 3.32. The van der Waals surface area contributed by atoms with E-state index in [1.807, 2.05) is 0 Å². The van der Waals surface area contributed by atoms with Crippen molar-refractivity contribution in [1.82, 2.24) is 0 Å². The molecule has 5 nitrogen and oxygen atoms in total. The van der Waals surface area contributed by atoms with E-state index in [-0.39, 0.29) is 18.4 Å². The first-order valence-corrected chi connectivity index (χ1v) is 8.03. The van der Waals surface area contributed by atoms with Crippen molar-refractivity contribution in [2.24, 2.45) is 0 Å². The van der Waals surface area contributed by atoms with Gasteiger partial charge in [-0.25, -0.2) is 0 Å². The molecular formula is C17H14Cl2N2O3. The first kappa shape index (κ1) is 16.6. The van der Waals surface area contributed by atoms with E-state index in [0.717, 1.165) is 0 Å². The van der Waals surface area contributed by atoms with Gasteiger partial charge in [-0.3, -0.25) is 14.5 Å². The van der Waals surface area contributed by atoms with Crippen LogP contribution in [0.4, 0.5) is 11.4 Å².